The minimum absolute atomic E-state index is 0.0902. The Kier molecular flexibility index (Phi) is 3.39. The summed E-state index contributed by atoms with van der Waals surface area (Å²) in [5, 5.41) is 5.78. The predicted molar refractivity (Wildman–Crippen MR) is 82.8 cm³/mol. The van der Waals surface area contributed by atoms with E-state index in [1.807, 2.05) is 53.9 Å². The van der Waals surface area contributed by atoms with E-state index in [4.69, 9.17) is 4.74 Å². The Balaban J connectivity index is 1.85. The summed E-state index contributed by atoms with van der Waals surface area (Å²) < 4.78 is 6.21. The Bertz CT molecular complexity index is 747. The van der Waals surface area contributed by atoms with E-state index in [0.29, 0.717) is 5.56 Å². The molecule has 3 rings (SSSR count). The van der Waals surface area contributed by atoms with Gasteiger partial charge in [0.2, 0.25) is 0 Å². The van der Waals surface area contributed by atoms with Crippen LogP contribution in [0.25, 0.3) is 10.1 Å². The highest BCUT2D eigenvalue weighted by Crippen LogP contribution is 2.26. The highest BCUT2D eigenvalue weighted by atomic mass is 32.1. The van der Waals surface area contributed by atoms with Crippen molar-refractivity contribution < 1.29 is 9.53 Å². The number of fused-ring (bicyclic) bond motifs is 1. The molecule has 4 heteroatoms. The first-order valence-corrected chi connectivity index (χ1v) is 7.07. The second-order valence-electron chi connectivity index (χ2n) is 4.33. The molecule has 0 aliphatic rings. The fraction of sp³-hybridized carbons (Fsp3) is 0.0625. The summed E-state index contributed by atoms with van der Waals surface area (Å²) in [6, 6.07) is 15.2. The highest BCUT2D eigenvalue weighted by molar-refractivity contribution is 7.17. The van der Waals surface area contributed by atoms with Crippen molar-refractivity contribution >= 4 is 33.0 Å². The van der Waals surface area contributed by atoms with Crippen molar-refractivity contribution in [1.29, 1.82) is 0 Å². The highest BCUT2D eigenvalue weighted by Gasteiger charge is 2.11. The van der Waals surface area contributed by atoms with Crippen molar-refractivity contribution in [3.8, 4) is 5.75 Å². The van der Waals surface area contributed by atoms with E-state index in [9.17, 15) is 4.79 Å². The molecule has 1 N–H and O–H groups in total. The molecule has 0 unspecified atom stereocenters. The fourth-order valence-corrected chi connectivity index (χ4v) is 2.97. The van der Waals surface area contributed by atoms with Gasteiger partial charge in [-0.3, -0.25) is 4.79 Å². The van der Waals surface area contributed by atoms with Crippen LogP contribution >= 0.6 is 11.3 Å². The first-order chi connectivity index (χ1) is 9.78. The number of hydrogen-bond donors (Lipinski definition) is 1. The fourth-order valence-electron chi connectivity index (χ4n) is 2.03. The lowest BCUT2D eigenvalue weighted by molar-refractivity contribution is 0.102. The van der Waals surface area contributed by atoms with Crippen LogP contribution in [0.4, 0.5) is 5.69 Å². The first-order valence-electron chi connectivity index (χ1n) is 6.19. The zero-order valence-corrected chi connectivity index (χ0v) is 11.7. The van der Waals surface area contributed by atoms with Crippen LogP contribution in [-0.2, 0) is 0 Å². The van der Waals surface area contributed by atoms with Gasteiger partial charge in [-0.05, 0) is 30.3 Å². The van der Waals surface area contributed by atoms with Crippen LogP contribution in [0.3, 0.4) is 0 Å². The summed E-state index contributed by atoms with van der Waals surface area (Å²) >= 11 is 1.58. The minimum atomic E-state index is -0.0902. The molecule has 0 aliphatic heterocycles. The molecule has 0 spiro atoms. The summed E-state index contributed by atoms with van der Waals surface area (Å²) in [5.41, 5.74) is 1.47. The van der Waals surface area contributed by atoms with E-state index in [1.165, 1.54) is 0 Å². The molecule has 100 valence electrons. The number of ether oxygens (including phenoxy) is 1. The van der Waals surface area contributed by atoms with Gasteiger partial charge in [-0.1, -0.05) is 18.2 Å². The Hall–Kier alpha value is -2.33. The Morgan fingerprint density at radius 1 is 1.10 bits per heavy atom. The lowest BCUT2D eigenvalue weighted by Crippen LogP contribution is -2.11. The second kappa shape index (κ2) is 5.35. The van der Waals surface area contributed by atoms with Crippen LogP contribution in [-0.4, -0.2) is 13.0 Å². The number of benzene rings is 2. The standard InChI is InChI=1S/C16H13NO2S/c1-19-12-8-6-11(7-9-12)17-16(18)14-10-20-15-5-3-2-4-13(14)15/h2-10H,1H3,(H,17,18). The number of carbonyl (C=O) groups excluding carboxylic acids is 1. The van der Waals surface area contributed by atoms with E-state index in [-0.39, 0.29) is 5.91 Å². The molecule has 2 aromatic carbocycles. The van der Waals surface area contributed by atoms with Gasteiger partial charge in [0.1, 0.15) is 5.75 Å². The molecule has 0 fully saturated rings. The maximum atomic E-state index is 12.3. The molecule has 0 atom stereocenters. The maximum absolute atomic E-state index is 12.3. The van der Waals surface area contributed by atoms with Crippen LogP contribution in [0.15, 0.2) is 53.9 Å². The lowest BCUT2D eigenvalue weighted by atomic mass is 10.1. The number of amides is 1. The van der Waals surface area contributed by atoms with Gasteiger partial charge in [-0.2, -0.15) is 0 Å². The Labute approximate surface area is 120 Å². The number of hydrogen-bond acceptors (Lipinski definition) is 3. The van der Waals surface area contributed by atoms with Crippen molar-refractivity contribution in [2.24, 2.45) is 0 Å². The topological polar surface area (TPSA) is 38.3 Å². The van der Waals surface area contributed by atoms with Crippen LogP contribution < -0.4 is 10.1 Å². The third-order valence-corrected chi connectivity index (χ3v) is 4.04. The maximum Gasteiger partial charge on any atom is 0.257 e. The Morgan fingerprint density at radius 2 is 1.85 bits per heavy atom. The molecule has 20 heavy (non-hydrogen) atoms. The molecule has 0 saturated carbocycles. The van der Waals surface area contributed by atoms with Gasteiger partial charge in [0.25, 0.3) is 5.91 Å². The normalized spacial score (nSPS) is 10.4. The van der Waals surface area contributed by atoms with Crippen LogP contribution in [0.1, 0.15) is 10.4 Å². The third-order valence-electron chi connectivity index (χ3n) is 3.07. The molecular formula is C16H13NO2S. The van der Waals surface area contributed by atoms with Crippen molar-refractivity contribution in [2.45, 2.75) is 0 Å². The number of nitrogens with one attached hydrogen (secondary N) is 1. The zero-order valence-electron chi connectivity index (χ0n) is 10.9. The Morgan fingerprint density at radius 3 is 2.60 bits per heavy atom. The third kappa shape index (κ3) is 2.38. The smallest absolute Gasteiger partial charge is 0.257 e. The summed E-state index contributed by atoms with van der Waals surface area (Å²) in [6.45, 7) is 0. The first kappa shape index (κ1) is 12.7. The van der Waals surface area contributed by atoms with Gasteiger partial charge in [0, 0.05) is 21.2 Å². The largest absolute Gasteiger partial charge is 0.497 e. The molecule has 3 aromatic rings. The van der Waals surface area contributed by atoms with E-state index in [1.54, 1.807) is 18.4 Å². The van der Waals surface area contributed by atoms with Crippen LogP contribution in [0.2, 0.25) is 0 Å². The number of rotatable bonds is 3. The molecule has 0 aliphatic carbocycles. The minimum Gasteiger partial charge on any atom is -0.497 e. The molecule has 3 nitrogen and oxygen atoms in total. The van der Waals surface area contributed by atoms with Crippen LogP contribution in [0, 0.1) is 0 Å². The number of thiophene rings is 1. The van der Waals surface area contributed by atoms with Crippen molar-refractivity contribution in [2.75, 3.05) is 12.4 Å². The molecule has 1 heterocycles. The van der Waals surface area contributed by atoms with E-state index < -0.39 is 0 Å². The quantitative estimate of drug-likeness (QED) is 0.783. The lowest BCUT2D eigenvalue weighted by Gasteiger charge is -2.05. The van der Waals surface area contributed by atoms with E-state index in [2.05, 4.69) is 5.32 Å². The van der Waals surface area contributed by atoms with Crippen LogP contribution in [0.5, 0.6) is 5.75 Å². The SMILES string of the molecule is COc1ccc(NC(=O)c2csc3ccccc23)cc1. The van der Waals surface area contributed by atoms with Crippen molar-refractivity contribution in [3.63, 3.8) is 0 Å². The average Bonchev–Trinajstić information content (AvgIpc) is 2.92. The second-order valence-corrected chi connectivity index (χ2v) is 5.24. The molecule has 0 bridgehead atoms. The molecule has 0 radical (unpaired) electrons. The average molecular weight is 283 g/mol. The summed E-state index contributed by atoms with van der Waals surface area (Å²) in [6.07, 6.45) is 0. The van der Waals surface area contributed by atoms with E-state index in [0.717, 1.165) is 21.5 Å². The zero-order chi connectivity index (χ0) is 13.9. The number of methoxy groups -OCH3 is 1. The molecule has 0 saturated heterocycles. The van der Waals surface area contributed by atoms with Gasteiger partial charge in [0.15, 0.2) is 0 Å². The molecular weight excluding hydrogens is 270 g/mol. The molecule has 1 aromatic heterocycles. The van der Waals surface area contributed by atoms with E-state index >= 15 is 0 Å². The van der Waals surface area contributed by atoms with Gasteiger partial charge < -0.3 is 10.1 Å². The van der Waals surface area contributed by atoms with Crippen molar-refractivity contribution in [3.05, 3.63) is 59.5 Å². The summed E-state index contributed by atoms with van der Waals surface area (Å²) in [5.74, 6) is 0.677. The van der Waals surface area contributed by atoms with Gasteiger partial charge >= 0.3 is 0 Å². The summed E-state index contributed by atoms with van der Waals surface area (Å²) in [7, 11) is 1.62. The van der Waals surface area contributed by atoms with Gasteiger partial charge in [0.05, 0.1) is 12.7 Å². The van der Waals surface area contributed by atoms with Crippen molar-refractivity contribution in [1.82, 2.24) is 0 Å². The summed E-state index contributed by atoms with van der Waals surface area (Å²) in [4.78, 5) is 12.3. The molecule has 1 amide bonds. The van der Waals surface area contributed by atoms with Gasteiger partial charge in [-0.25, -0.2) is 0 Å². The predicted octanol–water partition coefficient (Wildman–Crippen LogP) is 4.16. The monoisotopic (exact) mass is 283 g/mol. The number of anilines is 1. The number of carbonyl (C=O) groups is 1. The van der Waals surface area contributed by atoms with Gasteiger partial charge in [-0.15, -0.1) is 11.3 Å².